The number of carbonyl (C=O) groups excluding carboxylic acids is 1. The molecule has 0 atom stereocenters. The van der Waals surface area contributed by atoms with Crippen LogP contribution in [0.15, 0.2) is 60.9 Å². The quantitative estimate of drug-likeness (QED) is 0.473. The van der Waals surface area contributed by atoms with Crippen LogP contribution in [-0.2, 0) is 26.9 Å². The molecule has 11 heteroatoms. The summed E-state index contributed by atoms with van der Waals surface area (Å²) in [6, 6.07) is 11.7. The van der Waals surface area contributed by atoms with E-state index in [1.807, 2.05) is 0 Å². The van der Waals surface area contributed by atoms with Crippen LogP contribution in [-0.4, -0.2) is 30.5 Å². The number of nitrogens with zero attached hydrogens (tertiary/aromatic N) is 5. The summed E-state index contributed by atoms with van der Waals surface area (Å²) in [6.45, 7) is -0.0515. The van der Waals surface area contributed by atoms with Crippen molar-refractivity contribution in [3.05, 3.63) is 77.9 Å². The maximum Gasteiger partial charge on any atom is 0.416 e. The minimum absolute atomic E-state index is 0.0515. The van der Waals surface area contributed by atoms with Gasteiger partial charge in [-0.2, -0.15) is 18.3 Å². The van der Waals surface area contributed by atoms with Gasteiger partial charge in [-0.3, -0.25) is 9.48 Å². The third-order valence-electron chi connectivity index (χ3n) is 4.86. The number of nitrogens with one attached hydrogen (secondary N) is 1. The van der Waals surface area contributed by atoms with Crippen LogP contribution in [0.5, 0.6) is 5.75 Å². The lowest BCUT2D eigenvalue weighted by Gasteiger charge is -2.10. The number of benzene rings is 2. The van der Waals surface area contributed by atoms with E-state index in [1.165, 1.54) is 18.3 Å². The Kier molecular flexibility index (Phi) is 5.86. The van der Waals surface area contributed by atoms with Crippen LogP contribution in [0, 0.1) is 0 Å². The van der Waals surface area contributed by atoms with Crippen LogP contribution in [0.2, 0.25) is 0 Å². The van der Waals surface area contributed by atoms with Gasteiger partial charge in [0, 0.05) is 31.5 Å². The van der Waals surface area contributed by atoms with E-state index < -0.39 is 11.7 Å². The third-order valence-corrected chi connectivity index (χ3v) is 4.86. The van der Waals surface area contributed by atoms with Gasteiger partial charge >= 0.3 is 6.18 Å². The number of aryl methyl sites for hydroxylation is 1. The molecule has 0 aliphatic heterocycles. The van der Waals surface area contributed by atoms with Gasteiger partial charge in [-0.15, -0.1) is 10.2 Å². The molecule has 0 saturated heterocycles. The van der Waals surface area contributed by atoms with Crippen LogP contribution in [0.3, 0.4) is 0 Å². The summed E-state index contributed by atoms with van der Waals surface area (Å²) < 4.78 is 47.3. The molecule has 1 N–H and O–H groups in total. The van der Waals surface area contributed by atoms with Crippen molar-refractivity contribution in [2.45, 2.75) is 12.8 Å². The van der Waals surface area contributed by atoms with Gasteiger partial charge in [-0.25, -0.2) is 0 Å². The number of amides is 1. The molecule has 0 spiro atoms. The highest BCUT2D eigenvalue weighted by molar-refractivity contribution is 6.04. The highest BCUT2D eigenvalue weighted by Gasteiger charge is 2.30. The zero-order chi connectivity index (χ0) is 23.6. The molecule has 33 heavy (non-hydrogen) atoms. The normalized spacial score (nSPS) is 11.4. The molecule has 1 amide bonds. The largest absolute Gasteiger partial charge is 0.486 e. The van der Waals surface area contributed by atoms with Gasteiger partial charge in [0.25, 0.3) is 5.91 Å². The predicted molar refractivity (Wildman–Crippen MR) is 113 cm³/mol. The number of hydrogen-bond acceptors (Lipinski definition) is 5. The first kappa shape index (κ1) is 22.1. The summed E-state index contributed by atoms with van der Waals surface area (Å²) in [4.78, 5) is 12.2. The highest BCUT2D eigenvalue weighted by atomic mass is 19.4. The third kappa shape index (κ3) is 5.03. The van der Waals surface area contributed by atoms with Crippen LogP contribution < -0.4 is 10.1 Å². The zero-order valence-corrected chi connectivity index (χ0v) is 17.7. The Hall–Kier alpha value is -4.15. The standard InChI is InChI=1S/C22H19F3N6O2/c1-30-12-15(11-26-30)21(32)27-17-8-6-14(7-9-17)20-29-28-19(31(20)2)13-33-18-5-3-4-16(10-18)22(23,24)25/h3-12H,13H2,1-2H3,(H,27,32). The van der Waals surface area contributed by atoms with Crippen molar-refractivity contribution < 1.29 is 22.7 Å². The topological polar surface area (TPSA) is 86.9 Å². The fourth-order valence-corrected chi connectivity index (χ4v) is 3.09. The van der Waals surface area contributed by atoms with Crippen molar-refractivity contribution in [3.8, 4) is 17.1 Å². The molecule has 0 aliphatic rings. The first-order valence-corrected chi connectivity index (χ1v) is 9.79. The molecule has 0 saturated carbocycles. The molecular weight excluding hydrogens is 437 g/mol. The Balaban J connectivity index is 1.43. The average Bonchev–Trinajstić information content (AvgIpc) is 3.38. The maximum atomic E-state index is 12.9. The lowest BCUT2D eigenvalue weighted by Crippen LogP contribution is -2.11. The number of anilines is 1. The van der Waals surface area contributed by atoms with E-state index in [0.29, 0.717) is 22.9 Å². The molecule has 0 unspecified atom stereocenters. The maximum absolute atomic E-state index is 12.9. The fraction of sp³-hybridized carbons (Fsp3) is 0.182. The fourth-order valence-electron chi connectivity index (χ4n) is 3.09. The molecule has 8 nitrogen and oxygen atoms in total. The number of halogens is 3. The second-order valence-corrected chi connectivity index (χ2v) is 7.25. The van der Waals surface area contributed by atoms with Gasteiger partial charge in [-0.05, 0) is 42.5 Å². The molecule has 4 aromatic rings. The second kappa shape index (κ2) is 8.77. The van der Waals surface area contributed by atoms with Crippen LogP contribution in [0.25, 0.3) is 11.4 Å². The molecule has 0 fully saturated rings. The lowest BCUT2D eigenvalue weighted by atomic mass is 10.2. The Morgan fingerprint density at radius 3 is 2.52 bits per heavy atom. The van der Waals surface area contributed by atoms with E-state index >= 15 is 0 Å². The summed E-state index contributed by atoms with van der Waals surface area (Å²) in [6.07, 6.45) is -1.35. The summed E-state index contributed by atoms with van der Waals surface area (Å²) in [7, 11) is 3.46. The molecule has 2 heterocycles. The van der Waals surface area contributed by atoms with E-state index in [1.54, 1.807) is 53.8 Å². The minimum atomic E-state index is -4.44. The molecule has 170 valence electrons. The number of rotatable bonds is 6. The second-order valence-electron chi connectivity index (χ2n) is 7.25. The highest BCUT2D eigenvalue weighted by Crippen LogP contribution is 2.31. The molecule has 4 rings (SSSR count). The van der Waals surface area contributed by atoms with Crippen LogP contribution in [0.1, 0.15) is 21.7 Å². The molecule has 2 aromatic carbocycles. The van der Waals surface area contributed by atoms with Crippen molar-refractivity contribution in [2.75, 3.05) is 5.32 Å². The zero-order valence-electron chi connectivity index (χ0n) is 17.7. The Morgan fingerprint density at radius 2 is 1.85 bits per heavy atom. The summed E-state index contributed by atoms with van der Waals surface area (Å²) in [5, 5.41) is 15.0. The monoisotopic (exact) mass is 456 g/mol. The molecule has 0 bridgehead atoms. The first-order chi connectivity index (χ1) is 15.7. The van der Waals surface area contributed by atoms with Gasteiger partial charge in [-0.1, -0.05) is 6.07 Å². The van der Waals surface area contributed by atoms with E-state index in [0.717, 1.165) is 17.7 Å². The van der Waals surface area contributed by atoms with Crippen molar-refractivity contribution in [3.63, 3.8) is 0 Å². The van der Waals surface area contributed by atoms with Crippen molar-refractivity contribution in [1.82, 2.24) is 24.5 Å². The molecule has 0 radical (unpaired) electrons. The SMILES string of the molecule is Cn1cc(C(=O)Nc2ccc(-c3nnc(COc4cccc(C(F)(F)F)c4)n3C)cc2)cn1. The average molecular weight is 456 g/mol. The van der Waals surface area contributed by atoms with Gasteiger partial charge < -0.3 is 14.6 Å². The number of ether oxygens (including phenoxy) is 1. The van der Waals surface area contributed by atoms with E-state index in [-0.39, 0.29) is 18.3 Å². The van der Waals surface area contributed by atoms with Crippen molar-refractivity contribution in [1.29, 1.82) is 0 Å². The molecule has 0 aliphatic carbocycles. The van der Waals surface area contributed by atoms with Gasteiger partial charge in [0.2, 0.25) is 0 Å². The Bertz CT molecular complexity index is 1280. The van der Waals surface area contributed by atoms with Crippen molar-refractivity contribution in [2.24, 2.45) is 14.1 Å². The Labute approximate surface area is 186 Å². The smallest absolute Gasteiger partial charge is 0.416 e. The molecule has 2 aromatic heterocycles. The lowest BCUT2D eigenvalue weighted by molar-refractivity contribution is -0.137. The van der Waals surface area contributed by atoms with Crippen LogP contribution >= 0.6 is 0 Å². The van der Waals surface area contributed by atoms with E-state index in [4.69, 9.17) is 4.74 Å². The predicted octanol–water partition coefficient (Wildman–Crippen LogP) is 4.07. The summed E-state index contributed by atoms with van der Waals surface area (Å²) in [5.74, 6) is 0.797. The van der Waals surface area contributed by atoms with Gasteiger partial charge in [0.05, 0.1) is 17.3 Å². The number of hydrogen-bond donors (Lipinski definition) is 1. The van der Waals surface area contributed by atoms with E-state index in [2.05, 4.69) is 20.6 Å². The summed E-state index contributed by atoms with van der Waals surface area (Å²) in [5.41, 5.74) is 1.01. The number of alkyl halides is 3. The molecular formula is C22H19F3N6O2. The summed E-state index contributed by atoms with van der Waals surface area (Å²) >= 11 is 0. The Morgan fingerprint density at radius 1 is 1.09 bits per heavy atom. The van der Waals surface area contributed by atoms with Gasteiger partial charge in [0.1, 0.15) is 12.4 Å². The number of aromatic nitrogens is 5. The van der Waals surface area contributed by atoms with E-state index in [9.17, 15) is 18.0 Å². The number of carbonyl (C=O) groups is 1. The first-order valence-electron chi connectivity index (χ1n) is 9.79. The van der Waals surface area contributed by atoms with Gasteiger partial charge in [0.15, 0.2) is 11.6 Å². The minimum Gasteiger partial charge on any atom is -0.486 e. The van der Waals surface area contributed by atoms with Crippen LogP contribution in [0.4, 0.5) is 18.9 Å². The van der Waals surface area contributed by atoms with Crippen molar-refractivity contribution >= 4 is 11.6 Å².